The topological polar surface area (TPSA) is 115 Å². The van der Waals surface area contributed by atoms with E-state index in [9.17, 15) is 5.11 Å². The summed E-state index contributed by atoms with van der Waals surface area (Å²) in [4.78, 5) is 13.1. The van der Waals surface area contributed by atoms with Gasteiger partial charge < -0.3 is 19.7 Å². The number of hydrogen-bond acceptors (Lipinski definition) is 8. The van der Waals surface area contributed by atoms with Crippen LogP contribution in [0.25, 0.3) is 11.1 Å². The van der Waals surface area contributed by atoms with Crippen LogP contribution in [-0.2, 0) is 0 Å². The summed E-state index contributed by atoms with van der Waals surface area (Å²) in [5, 5.41) is 22.9. The molecule has 1 aliphatic carbocycles. The van der Waals surface area contributed by atoms with Crippen LogP contribution in [0.4, 0.5) is 0 Å². The first-order valence-electron chi connectivity index (χ1n) is 9.39. The number of pyridine rings is 1. The normalized spacial score (nSPS) is 19.0. The fraction of sp³-hybridized carbons (Fsp3) is 0.400. The molecule has 0 saturated heterocycles. The van der Waals surface area contributed by atoms with E-state index in [1.165, 1.54) is 4.68 Å². The van der Waals surface area contributed by atoms with E-state index in [4.69, 9.17) is 14.6 Å². The number of hydrogen-bond donors (Lipinski definition) is 2. The molecule has 152 valence electrons. The third kappa shape index (κ3) is 4.20. The van der Waals surface area contributed by atoms with E-state index < -0.39 is 12.8 Å². The van der Waals surface area contributed by atoms with Gasteiger partial charge in [0, 0.05) is 35.5 Å². The van der Waals surface area contributed by atoms with E-state index in [1.807, 2.05) is 12.1 Å². The molecule has 1 aliphatic rings. The van der Waals surface area contributed by atoms with Crippen LogP contribution in [0.1, 0.15) is 30.1 Å². The number of aliphatic hydroxyl groups is 2. The predicted molar refractivity (Wildman–Crippen MR) is 103 cm³/mol. The zero-order valence-corrected chi connectivity index (χ0v) is 16.3. The zero-order valence-electron chi connectivity index (χ0n) is 16.3. The van der Waals surface area contributed by atoms with Crippen LogP contribution < -0.4 is 9.47 Å². The minimum atomic E-state index is -1.09. The van der Waals surface area contributed by atoms with Crippen molar-refractivity contribution in [2.75, 3.05) is 20.3 Å². The molecule has 4 rings (SSSR count). The minimum absolute atomic E-state index is 0.370. The number of rotatable bonds is 8. The van der Waals surface area contributed by atoms with E-state index in [2.05, 4.69) is 20.1 Å². The molecular formula is C20H23N5O4. The van der Waals surface area contributed by atoms with Gasteiger partial charge in [0.2, 0.25) is 5.88 Å². The summed E-state index contributed by atoms with van der Waals surface area (Å²) in [5.41, 5.74) is 2.43. The Kier molecular flexibility index (Phi) is 5.41. The standard InChI is InChI=1S/C20H23N5O4/c1-12-21-8-17(14-6-23-25(9-14)19(27)10-26)20(24-12)29-11-13-5-16(13)18-4-3-15(28-2)7-22-18/h3-4,6-9,13,16,19,26-27H,5,10-11H2,1-2H3/t13-,16+,19+/m1/s1. The second-order valence-electron chi connectivity index (χ2n) is 7.04. The number of aryl methyl sites for hydroxylation is 1. The van der Waals surface area contributed by atoms with Gasteiger partial charge in [-0.15, -0.1) is 0 Å². The Morgan fingerprint density at radius 3 is 2.83 bits per heavy atom. The van der Waals surface area contributed by atoms with Crippen molar-refractivity contribution in [2.45, 2.75) is 25.5 Å². The van der Waals surface area contributed by atoms with Crippen LogP contribution in [0, 0.1) is 12.8 Å². The monoisotopic (exact) mass is 397 g/mol. The lowest BCUT2D eigenvalue weighted by Gasteiger charge is -2.10. The van der Waals surface area contributed by atoms with E-state index in [0.717, 1.165) is 17.9 Å². The molecule has 9 heteroatoms. The molecule has 0 aromatic carbocycles. The van der Waals surface area contributed by atoms with Crippen molar-refractivity contribution in [3.05, 3.63) is 48.4 Å². The molecule has 9 nitrogen and oxygen atoms in total. The molecule has 3 aromatic heterocycles. The minimum Gasteiger partial charge on any atom is -0.495 e. The van der Waals surface area contributed by atoms with Crippen LogP contribution >= 0.6 is 0 Å². The van der Waals surface area contributed by atoms with Crippen molar-refractivity contribution in [2.24, 2.45) is 5.92 Å². The van der Waals surface area contributed by atoms with Crippen molar-refractivity contribution in [3.63, 3.8) is 0 Å². The van der Waals surface area contributed by atoms with Crippen LogP contribution in [-0.4, -0.2) is 55.3 Å². The van der Waals surface area contributed by atoms with E-state index >= 15 is 0 Å². The van der Waals surface area contributed by atoms with Crippen LogP contribution in [0.5, 0.6) is 11.6 Å². The number of nitrogens with zero attached hydrogens (tertiary/aromatic N) is 5. The summed E-state index contributed by atoms with van der Waals surface area (Å²) >= 11 is 0. The van der Waals surface area contributed by atoms with Crippen LogP contribution in [0.2, 0.25) is 0 Å². The van der Waals surface area contributed by atoms with E-state index in [-0.39, 0.29) is 0 Å². The van der Waals surface area contributed by atoms with Gasteiger partial charge in [-0.1, -0.05) is 0 Å². The van der Waals surface area contributed by atoms with Gasteiger partial charge in [0.25, 0.3) is 0 Å². The number of methoxy groups -OCH3 is 1. The number of ether oxygens (including phenoxy) is 2. The molecule has 3 atom stereocenters. The first-order valence-corrected chi connectivity index (χ1v) is 9.39. The largest absolute Gasteiger partial charge is 0.495 e. The molecular weight excluding hydrogens is 374 g/mol. The fourth-order valence-electron chi connectivity index (χ4n) is 3.19. The molecule has 3 aromatic rings. The molecule has 29 heavy (non-hydrogen) atoms. The second-order valence-corrected chi connectivity index (χ2v) is 7.04. The first kappa shape index (κ1) is 19.3. The summed E-state index contributed by atoms with van der Waals surface area (Å²) in [6.07, 6.45) is 6.54. The molecule has 0 aliphatic heterocycles. The molecule has 0 spiro atoms. The number of aliphatic hydroxyl groups excluding tert-OH is 2. The van der Waals surface area contributed by atoms with Crippen LogP contribution in [0.15, 0.2) is 36.9 Å². The van der Waals surface area contributed by atoms with Gasteiger partial charge in [0.05, 0.1) is 38.3 Å². The van der Waals surface area contributed by atoms with Gasteiger partial charge in [0.1, 0.15) is 11.6 Å². The maximum absolute atomic E-state index is 9.73. The molecule has 0 unspecified atom stereocenters. The van der Waals surface area contributed by atoms with Gasteiger partial charge in [-0.25, -0.2) is 9.67 Å². The van der Waals surface area contributed by atoms with Gasteiger partial charge in [-0.2, -0.15) is 10.1 Å². The van der Waals surface area contributed by atoms with E-state index in [0.29, 0.717) is 41.3 Å². The Hall–Kier alpha value is -3.04. The summed E-state index contributed by atoms with van der Waals surface area (Å²) < 4.78 is 12.5. The predicted octanol–water partition coefficient (Wildman–Crippen LogP) is 1.72. The molecule has 1 saturated carbocycles. The number of aromatic nitrogens is 5. The average molecular weight is 397 g/mol. The van der Waals surface area contributed by atoms with Crippen molar-refractivity contribution in [1.29, 1.82) is 0 Å². The second kappa shape index (κ2) is 8.14. The van der Waals surface area contributed by atoms with Crippen molar-refractivity contribution in [1.82, 2.24) is 24.7 Å². The van der Waals surface area contributed by atoms with Crippen molar-refractivity contribution < 1.29 is 19.7 Å². The summed E-state index contributed by atoms with van der Waals surface area (Å²) in [7, 11) is 1.62. The Morgan fingerprint density at radius 1 is 1.24 bits per heavy atom. The van der Waals surface area contributed by atoms with Gasteiger partial charge in [-0.3, -0.25) is 4.98 Å². The third-order valence-electron chi connectivity index (χ3n) is 4.99. The zero-order chi connectivity index (χ0) is 20.4. The fourth-order valence-corrected chi connectivity index (χ4v) is 3.19. The van der Waals surface area contributed by atoms with Gasteiger partial charge >= 0.3 is 0 Å². The highest BCUT2D eigenvalue weighted by Gasteiger charge is 2.40. The maximum Gasteiger partial charge on any atom is 0.224 e. The third-order valence-corrected chi connectivity index (χ3v) is 4.99. The van der Waals surface area contributed by atoms with Gasteiger partial charge in [0.15, 0.2) is 6.23 Å². The molecule has 0 amide bonds. The van der Waals surface area contributed by atoms with Gasteiger partial charge in [-0.05, 0) is 25.5 Å². The lowest BCUT2D eigenvalue weighted by molar-refractivity contribution is 0.0294. The Bertz CT molecular complexity index is 975. The highest BCUT2D eigenvalue weighted by atomic mass is 16.5. The Balaban J connectivity index is 1.45. The van der Waals surface area contributed by atoms with Crippen molar-refractivity contribution >= 4 is 0 Å². The van der Waals surface area contributed by atoms with E-state index in [1.54, 1.807) is 38.8 Å². The highest BCUT2D eigenvalue weighted by Crippen LogP contribution is 2.47. The molecule has 0 radical (unpaired) electrons. The smallest absolute Gasteiger partial charge is 0.224 e. The van der Waals surface area contributed by atoms with Crippen LogP contribution in [0.3, 0.4) is 0 Å². The molecule has 1 fully saturated rings. The first-order chi connectivity index (χ1) is 14.1. The average Bonchev–Trinajstić information content (AvgIpc) is 3.37. The Morgan fingerprint density at radius 2 is 2.10 bits per heavy atom. The summed E-state index contributed by atoms with van der Waals surface area (Å²) in [6, 6.07) is 3.91. The quantitative estimate of drug-likeness (QED) is 0.590. The molecule has 2 N–H and O–H groups in total. The molecule has 0 bridgehead atoms. The lowest BCUT2D eigenvalue weighted by atomic mass is 10.2. The SMILES string of the molecule is COc1ccc([C@H]2C[C@@H]2COc2nc(C)ncc2-c2cnn([C@@H](O)CO)c2)nc1. The van der Waals surface area contributed by atoms with Crippen molar-refractivity contribution in [3.8, 4) is 22.8 Å². The maximum atomic E-state index is 9.73. The Labute approximate surface area is 168 Å². The highest BCUT2D eigenvalue weighted by molar-refractivity contribution is 5.66. The summed E-state index contributed by atoms with van der Waals surface area (Å²) in [5.74, 6) is 2.57. The lowest BCUT2D eigenvalue weighted by Crippen LogP contribution is -2.12. The summed E-state index contributed by atoms with van der Waals surface area (Å²) in [6.45, 7) is 1.91. The molecule has 3 heterocycles.